The number of hydrogen-bond acceptors (Lipinski definition) is 3. The number of aromatic hydroxyl groups is 1. The lowest BCUT2D eigenvalue weighted by molar-refractivity contribution is -0.225. The van der Waals surface area contributed by atoms with Crippen LogP contribution in [0.4, 0.5) is 0 Å². The molecular weight excluding hydrogens is 360 g/mol. The molecule has 3 saturated carbocycles. The number of aliphatic hydroxyl groups is 1. The van der Waals surface area contributed by atoms with Crippen LogP contribution in [-0.2, 0) is 6.42 Å². The summed E-state index contributed by atoms with van der Waals surface area (Å²) in [4.78, 5) is 0. The van der Waals surface area contributed by atoms with Gasteiger partial charge in [0.1, 0.15) is 17.1 Å². The molecule has 3 fully saturated rings. The van der Waals surface area contributed by atoms with Crippen LogP contribution in [0, 0.1) is 35.0 Å². The summed E-state index contributed by atoms with van der Waals surface area (Å²) in [5.74, 6) is 2.58. The van der Waals surface area contributed by atoms with E-state index >= 15 is 0 Å². The van der Waals surface area contributed by atoms with Crippen molar-refractivity contribution < 1.29 is 14.9 Å². The van der Waals surface area contributed by atoms with Crippen molar-refractivity contribution in [3.05, 3.63) is 23.3 Å². The number of fused-ring (bicyclic) bond motifs is 5. The van der Waals surface area contributed by atoms with Crippen LogP contribution in [0.3, 0.4) is 0 Å². The van der Waals surface area contributed by atoms with Gasteiger partial charge in [0.15, 0.2) is 0 Å². The molecule has 2 N–H and O–H groups in total. The van der Waals surface area contributed by atoms with Crippen LogP contribution in [0.25, 0.3) is 0 Å². The number of aryl methyl sites for hydroxylation is 1. The van der Waals surface area contributed by atoms with E-state index in [0.29, 0.717) is 17.6 Å². The third-order valence-electron chi connectivity index (χ3n) is 10.3. The van der Waals surface area contributed by atoms with E-state index in [4.69, 9.17) is 4.74 Å². The van der Waals surface area contributed by atoms with Crippen LogP contribution < -0.4 is 4.74 Å². The zero-order valence-corrected chi connectivity index (χ0v) is 18.8. The van der Waals surface area contributed by atoms with Crippen LogP contribution >= 0.6 is 0 Å². The Labute approximate surface area is 175 Å². The fourth-order valence-corrected chi connectivity index (χ4v) is 8.71. The molecule has 6 atom stereocenters. The number of phenolic OH excluding ortho intramolecular Hbond substituents is 1. The van der Waals surface area contributed by atoms with Gasteiger partial charge in [-0.25, -0.2) is 0 Å². The molecule has 3 aliphatic carbocycles. The van der Waals surface area contributed by atoms with Crippen molar-refractivity contribution in [2.75, 3.05) is 0 Å². The van der Waals surface area contributed by atoms with Gasteiger partial charge in [0.2, 0.25) is 0 Å². The molecule has 3 heteroatoms. The molecule has 160 valence electrons. The van der Waals surface area contributed by atoms with Crippen molar-refractivity contribution in [3.63, 3.8) is 0 Å². The van der Waals surface area contributed by atoms with E-state index in [0.717, 1.165) is 37.0 Å². The summed E-state index contributed by atoms with van der Waals surface area (Å²) in [6, 6.07) is 3.77. The number of ether oxygens (including phenoxy) is 1. The van der Waals surface area contributed by atoms with Crippen LogP contribution in [0.1, 0.15) is 83.8 Å². The summed E-state index contributed by atoms with van der Waals surface area (Å²) in [7, 11) is 0. The fourth-order valence-electron chi connectivity index (χ4n) is 8.71. The molecule has 1 spiro atoms. The minimum Gasteiger partial charge on any atom is -0.508 e. The summed E-state index contributed by atoms with van der Waals surface area (Å²) < 4.78 is 6.93. The van der Waals surface area contributed by atoms with E-state index in [-0.39, 0.29) is 27.9 Å². The normalized spacial score (nSPS) is 45.2. The number of benzene rings is 1. The lowest BCUT2D eigenvalue weighted by atomic mass is 9.38. The van der Waals surface area contributed by atoms with E-state index in [1.165, 1.54) is 31.2 Å². The smallest absolute Gasteiger partial charge is 0.126 e. The molecule has 1 aromatic carbocycles. The van der Waals surface area contributed by atoms with Crippen molar-refractivity contribution in [2.24, 2.45) is 28.1 Å². The molecule has 2 unspecified atom stereocenters. The van der Waals surface area contributed by atoms with E-state index < -0.39 is 0 Å². The van der Waals surface area contributed by atoms with Crippen molar-refractivity contribution in [2.45, 2.75) is 97.7 Å². The van der Waals surface area contributed by atoms with Gasteiger partial charge in [-0.15, -0.1) is 0 Å². The Kier molecular flexibility index (Phi) is 4.03. The molecule has 1 aromatic rings. The highest BCUT2D eigenvalue weighted by atomic mass is 16.5. The van der Waals surface area contributed by atoms with Crippen LogP contribution in [-0.4, -0.2) is 21.9 Å². The largest absolute Gasteiger partial charge is 0.508 e. The van der Waals surface area contributed by atoms with E-state index in [1.807, 2.05) is 12.1 Å². The van der Waals surface area contributed by atoms with Gasteiger partial charge in [0.05, 0.1) is 6.10 Å². The Morgan fingerprint density at radius 2 is 1.72 bits per heavy atom. The van der Waals surface area contributed by atoms with Crippen LogP contribution in [0.2, 0.25) is 0 Å². The highest BCUT2D eigenvalue weighted by Crippen LogP contribution is 2.71. The summed E-state index contributed by atoms with van der Waals surface area (Å²) in [5.41, 5.74) is 2.49. The maximum Gasteiger partial charge on any atom is 0.126 e. The van der Waals surface area contributed by atoms with Gasteiger partial charge in [-0.2, -0.15) is 0 Å². The average Bonchev–Trinajstić information content (AvgIpc) is 3.00. The Balaban J connectivity index is 1.56. The van der Waals surface area contributed by atoms with Crippen molar-refractivity contribution in [1.82, 2.24) is 0 Å². The minimum absolute atomic E-state index is 0.0131. The number of phenols is 1. The molecule has 1 heterocycles. The summed E-state index contributed by atoms with van der Waals surface area (Å²) in [6.07, 6.45) is 8.76. The second-order valence-corrected chi connectivity index (χ2v) is 11.9. The van der Waals surface area contributed by atoms with Crippen LogP contribution in [0.5, 0.6) is 11.5 Å². The highest BCUT2D eigenvalue weighted by molar-refractivity contribution is 5.50. The maximum absolute atomic E-state index is 10.8. The molecule has 0 aromatic heterocycles. The van der Waals surface area contributed by atoms with Gasteiger partial charge in [-0.1, -0.05) is 27.7 Å². The number of aliphatic hydroxyl groups excluding tert-OH is 1. The standard InChI is InChI=1S/C26H38O3/c1-16-13-18(27)14-17-15-26(29-22(16)17)10-6-7-20-24(4)11-9-21(28)23(2,3)19(24)8-12-25(20,26)5/h13-14,19-21,27-28H,6-12,15H2,1-5H3/t19?,20?,21-,24-,25+,26+/m0/s1. The molecule has 5 rings (SSSR count). The van der Waals surface area contributed by atoms with Gasteiger partial charge < -0.3 is 14.9 Å². The first-order valence-corrected chi connectivity index (χ1v) is 11.7. The predicted octanol–water partition coefficient (Wildman–Crippen LogP) is 5.78. The van der Waals surface area contributed by atoms with Gasteiger partial charge >= 0.3 is 0 Å². The fraction of sp³-hybridized carbons (Fsp3) is 0.769. The molecule has 4 aliphatic rings. The first kappa shape index (κ1) is 19.7. The number of hydrogen-bond donors (Lipinski definition) is 2. The quantitative estimate of drug-likeness (QED) is 0.582. The van der Waals surface area contributed by atoms with E-state index in [2.05, 4.69) is 34.6 Å². The Morgan fingerprint density at radius 3 is 2.48 bits per heavy atom. The maximum atomic E-state index is 10.8. The molecule has 0 bridgehead atoms. The highest BCUT2D eigenvalue weighted by Gasteiger charge is 2.68. The van der Waals surface area contributed by atoms with Gasteiger partial charge in [0, 0.05) is 17.4 Å². The Hall–Kier alpha value is -1.22. The average molecular weight is 399 g/mol. The molecule has 0 saturated heterocycles. The Morgan fingerprint density at radius 1 is 0.966 bits per heavy atom. The molecule has 0 amide bonds. The molecular formula is C26H38O3. The first-order valence-electron chi connectivity index (χ1n) is 11.7. The lowest BCUT2D eigenvalue weighted by Crippen LogP contribution is -2.66. The third-order valence-corrected chi connectivity index (χ3v) is 10.3. The minimum atomic E-state index is -0.180. The van der Waals surface area contributed by atoms with E-state index in [9.17, 15) is 10.2 Å². The predicted molar refractivity (Wildman–Crippen MR) is 115 cm³/mol. The first-order chi connectivity index (χ1) is 13.5. The second kappa shape index (κ2) is 5.93. The summed E-state index contributed by atoms with van der Waals surface area (Å²) >= 11 is 0. The topological polar surface area (TPSA) is 49.7 Å². The van der Waals surface area contributed by atoms with Crippen molar-refractivity contribution in [1.29, 1.82) is 0 Å². The molecule has 0 radical (unpaired) electrons. The molecule has 3 nitrogen and oxygen atoms in total. The Bertz CT molecular complexity index is 845. The zero-order valence-electron chi connectivity index (χ0n) is 18.8. The number of rotatable bonds is 0. The lowest BCUT2D eigenvalue weighted by Gasteiger charge is -2.68. The van der Waals surface area contributed by atoms with Crippen LogP contribution in [0.15, 0.2) is 12.1 Å². The SMILES string of the molecule is Cc1cc(O)cc2c1O[C@]1(CCCC3[C@@]4(C)CC[C@H](O)C(C)(C)C4CC[C@]31C)C2. The van der Waals surface area contributed by atoms with Crippen molar-refractivity contribution >= 4 is 0 Å². The van der Waals surface area contributed by atoms with E-state index in [1.54, 1.807) is 0 Å². The van der Waals surface area contributed by atoms with Gasteiger partial charge in [-0.3, -0.25) is 0 Å². The van der Waals surface area contributed by atoms with Gasteiger partial charge in [0.25, 0.3) is 0 Å². The zero-order chi connectivity index (χ0) is 20.8. The van der Waals surface area contributed by atoms with Gasteiger partial charge in [-0.05, 0) is 92.2 Å². The monoisotopic (exact) mass is 398 g/mol. The van der Waals surface area contributed by atoms with Crippen molar-refractivity contribution in [3.8, 4) is 11.5 Å². The molecule has 1 aliphatic heterocycles. The molecule has 29 heavy (non-hydrogen) atoms. The summed E-state index contributed by atoms with van der Waals surface area (Å²) in [6.45, 7) is 11.7. The summed E-state index contributed by atoms with van der Waals surface area (Å²) in [5, 5.41) is 20.9. The second-order valence-electron chi connectivity index (χ2n) is 11.9. The third kappa shape index (κ3) is 2.40.